The van der Waals surface area contributed by atoms with Crippen molar-refractivity contribution >= 4 is 23.7 Å². The van der Waals surface area contributed by atoms with Crippen LogP contribution in [0.1, 0.15) is 176 Å². The number of aromatic hydroxyl groups is 2. The number of hydrogen-bond acceptors (Lipinski definition) is 11. The molecule has 14 heteroatoms. The maximum absolute atomic E-state index is 14.5. The summed E-state index contributed by atoms with van der Waals surface area (Å²) in [6.45, 7) is 18.6. The molecular weight excluding hydrogens is 903 g/mol. The lowest BCUT2D eigenvalue weighted by atomic mass is 9.84. The predicted molar refractivity (Wildman–Crippen MR) is 274 cm³/mol. The number of phenols is 2. The van der Waals surface area contributed by atoms with Crippen LogP contribution in [0, 0.1) is 0 Å². The topological polar surface area (TPSA) is 187 Å². The second-order valence-electron chi connectivity index (χ2n) is 21.2. The van der Waals surface area contributed by atoms with Gasteiger partial charge in [0.15, 0.2) is 0 Å². The van der Waals surface area contributed by atoms with Crippen LogP contribution in [0.25, 0.3) is 0 Å². The molecule has 2 aromatic rings. The molecule has 71 heavy (non-hydrogen) atoms. The molecule has 4 heterocycles. The number of hydrogen-bond donors (Lipinski definition) is 4. The van der Waals surface area contributed by atoms with E-state index in [1.165, 1.54) is 44.2 Å². The standard InChI is InChI=1S/C57H79N3O11/c1-11-69-50(65)24-28-58(10)55(68)45(60-34-44-40(54(60)67)30-47(62)42-32-49(64)57(9,71-52(42)44)26-15-22-38(7)20-13-18-36(4)5)23-16-27-59-33-43-39(53(59)66)29-46(61)41-31-48(63)56(8,70-51(41)43)25-14-21-37(6)19-12-17-35(2)3/h17-18,21-22,29-30,45,48-49,61-64H,11-16,19-20,23-28,31-34H2,1-10H3/b37-21+,38-22+/t45-,48-,49-,56+,57+/m0/s1. The average Bonchev–Trinajstić information content (AvgIpc) is 3.79. The van der Waals surface area contributed by atoms with Gasteiger partial charge in [-0.05, 0) is 139 Å². The van der Waals surface area contributed by atoms with Gasteiger partial charge in [-0.3, -0.25) is 19.2 Å². The molecule has 4 aliphatic rings. The van der Waals surface area contributed by atoms with Gasteiger partial charge in [0.2, 0.25) is 5.91 Å². The Balaban J connectivity index is 1.19. The van der Waals surface area contributed by atoms with Crippen molar-refractivity contribution in [3.05, 3.63) is 92.1 Å². The number of phenolic OH excluding ortho intramolecular Hbond substituents is 2. The maximum atomic E-state index is 14.5. The van der Waals surface area contributed by atoms with Gasteiger partial charge in [0.05, 0.1) is 49.5 Å². The van der Waals surface area contributed by atoms with Crippen LogP contribution in [0.4, 0.5) is 0 Å². The molecule has 5 atom stereocenters. The molecule has 0 spiro atoms. The van der Waals surface area contributed by atoms with E-state index in [1.54, 1.807) is 18.9 Å². The van der Waals surface area contributed by atoms with Gasteiger partial charge in [-0.25, -0.2) is 0 Å². The van der Waals surface area contributed by atoms with Gasteiger partial charge < -0.3 is 49.3 Å². The Hall–Kier alpha value is -5.60. The minimum Gasteiger partial charge on any atom is -0.508 e. The highest BCUT2D eigenvalue weighted by Gasteiger charge is 2.47. The van der Waals surface area contributed by atoms with E-state index >= 15 is 0 Å². The molecule has 4 N–H and O–H groups in total. The van der Waals surface area contributed by atoms with Crippen LogP contribution < -0.4 is 9.47 Å². The third-order valence-corrected chi connectivity index (χ3v) is 14.8. The van der Waals surface area contributed by atoms with Crippen molar-refractivity contribution < 1.29 is 53.8 Å². The van der Waals surface area contributed by atoms with Crippen molar-refractivity contribution in [3.8, 4) is 23.0 Å². The van der Waals surface area contributed by atoms with Crippen molar-refractivity contribution in [1.82, 2.24) is 14.7 Å². The van der Waals surface area contributed by atoms with Crippen molar-refractivity contribution in [2.75, 3.05) is 26.7 Å². The van der Waals surface area contributed by atoms with Crippen molar-refractivity contribution in [3.63, 3.8) is 0 Å². The quantitative estimate of drug-likeness (QED) is 0.0651. The van der Waals surface area contributed by atoms with Crippen LogP contribution in [0.3, 0.4) is 0 Å². The second kappa shape index (κ2) is 23.3. The van der Waals surface area contributed by atoms with Crippen molar-refractivity contribution in [1.29, 1.82) is 0 Å². The van der Waals surface area contributed by atoms with Gasteiger partial charge in [-0.2, -0.15) is 0 Å². The minimum atomic E-state index is -1.02. The van der Waals surface area contributed by atoms with Gasteiger partial charge in [0.1, 0.15) is 40.2 Å². The number of allylic oxidation sites excluding steroid dienone is 8. The number of carbonyl (C=O) groups is 4. The Labute approximate surface area is 421 Å². The zero-order chi connectivity index (χ0) is 51.9. The first-order valence-electron chi connectivity index (χ1n) is 25.7. The highest BCUT2D eigenvalue weighted by molar-refractivity contribution is 6.03. The van der Waals surface area contributed by atoms with E-state index in [1.807, 2.05) is 13.8 Å². The van der Waals surface area contributed by atoms with Crippen LogP contribution >= 0.6 is 0 Å². The predicted octanol–water partition coefficient (Wildman–Crippen LogP) is 9.32. The number of nitrogens with zero attached hydrogens (tertiary/aromatic N) is 3. The van der Waals surface area contributed by atoms with E-state index < -0.39 is 47.2 Å². The summed E-state index contributed by atoms with van der Waals surface area (Å²) in [5, 5.41) is 45.3. The summed E-state index contributed by atoms with van der Waals surface area (Å²) in [5.74, 6) is -1.15. The van der Waals surface area contributed by atoms with E-state index in [0.29, 0.717) is 71.4 Å². The molecule has 0 radical (unpaired) electrons. The molecule has 0 fully saturated rings. The van der Waals surface area contributed by atoms with Crippen LogP contribution in [0.5, 0.6) is 23.0 Å². The first-order valence-corrected chi connectivity index (χ1v) is 25.7. The fourth-order valence-corrected chi connectivity index (χ4v) is 10.3. The second-order valence-corrected chi connectivity index (χ2v) is 21.2. The van der Waals surface area contributed by atoms with E-state index in [0.717, 1.165) is 25.7 Å². The normalized spacial score (nSPS) is 21.9. The Morgan fingerprint density at radius 3 is 1.73 bits per heavy atom. The molecule has 2 aromatic carbocycles. The summed E-state index contributed by atoms with van der Waals surface area (Å²) >= 11 is 0. The molecule has 14 nitrogen and oxygen atoms in total. The fourth-order valence-electron chi connectivity index (χ4n) is 10.3. The van der Waals surface area contributed by atoms with E-state index in [-0.39, 0.29) is 81.4 Å². The van der Waals surface area contributed by atoms with Gasteiger partial charge >= 0.3 is 5.97 Å². The molecule has 0 bridgehead atoms. The molecule has 0 aliphatic carbocycles. The molecule has 6 rings (SSSR count). The average molecular weight is 982 g/mol. The summed E-state index contributed by atoms with van der Waals surface area (Å²) in [6, 6.07) is 1.82. The number of aliphatic hydroxyl groups excluding tert-OH is 2. The Morgan fingerprint density at radius 2 is 1.24 bits per heavy atom. The van der Waals surface area contributed by atoms with Crippen LogP contribution in [-0.2, 0) is 40.3 Å². The van der Waals surface area contributed by atoms with Gasteiger partial charge in [-0.15, -0.1) is 0 Å². The Morgan fingerprint density at radius 1 is 0.746 bits per heavy atom. The number of likely N-dealkylation sites (N-methyl/N-ethyl adjacent to an activating group) is 1. The van der Waals surface area contributed by atoms with Crippen molar-refractivity contribution in [2.24, 2.45) is 0 Å². The summed E-state index contributed by atoms with van der Waals surface area (Å²) < 4.78 is 18.4. The number of amides is 3. The van der Waals surface area contributed by atoms with Gasteiger partial charge in [0, 0.05) is 55.2 Å². The van der Waals surface area contributed by atoms with Crippen molar-refractivity contribution in [2.45, 2.75) is 188 Å². The summed E-state index contributed by atoms with van der Waals surface area (Å²) in [5.41, 5.74) is 5.63. The maximum Gasteiger partial charge on any atom is 0.307 e. The molecule has 3 amide bonds. The lowest BCUT2D eigenvalue weighted by Gasteiger charge is -2.41. The lowest BCUT2D eigenvalue weighted by molar-refractivity contribution is -0.144. The van der Waals surface area contributed by atoms with E-state index in [4.69, 9.17) is 14.2 Å². The number of benzene rings is 2. The first-order chi connectivity index (χ1) is 33.6. The Bertz CT molecular complexity index is 2460. The number of aliphatic hydroxyl groups is 2. The number of fused-ring (bicyclic) bond motifs is 6. The largest absolute Gasteiger partial charge is 0.508 e. The number of ether oxygens (including phenoxy) is 3. The molecular formula is C57H79N3O11. The molecule has 388 valence electrons. The third-order valence-electron chi connectivity index (χ3n) is 14.8. The monoisotopic (exact) mass is 982 g/mol. The number of carbonyl (C=O) groups excluding carboxylic acids is 4. The number of esters is 1. The third kappa shape index (κ3) is 12.7. The van der Waals surface area contributed by atoms with Crippen LogP contribution in [0.15, 0.2) is 58.7 Å². The van der Waals surface area contributed by atoms with E-state index in [2.05, 4.69) is 65.8 Å². The zero-order valence-electron chi connectivity index (χ0n) is 43.9. The van der Waals surface area contributed by atoms with Gasteiger partial charge in [0.25, 0.3) is 11.8 Å². The van der Waals surface area contributed by atoms with Gasteiger partial charge in [-0.1, -0.05) is 46.6 Å². The fraction of sp³-hybridized carbons (Fsp3) is 0.579. The summed E-state index contributed by atoms with van der Waals surface area (Å²) in [4.78, 5) is 60.0. The smallest absolute Gasteiger partial charge is 0.307 e. The zero-order valence-corrected chi connectivity index (χ0v) is 43.9. The Kier molecular flexibility index (Phi) is 18.0. The van der Waals surface area contributed by atoms with E-state index in [9.17, 15) is 39.6 Å². The first kappa shape index (κ1) is 54.7. The highest BCUT2D eigenvalue weighted by Crippen LogP contribution is 2.48. The number of rotatable bonds is 22. The van der Waals surface area contributed by atoms with Crippen LogP contribution in [-0.4, -0.2) is 115 Å². The summed E-state index contributed by atoms with van der Waals surface area (Å²) in [6.07, 6.45) is 13.8. The molecule has 0 aromatic heterocycles. The molecule has 0 unspecified atom stereocenters. The van der Waals surface area contributed by atoms with Crippen LogP contribution in [0.2, 0.25) is 0 Å². The molecule has 4 aliphatic heterocycles. The summed E-state index contributed by atoms with van der Waals surface area (Å²) in [7, 11) is 1.58. The highest BCUT2D eigenvalue weighted by atomic mass is 16.5. The molecule has 0 saturated carbocycles. The lowest BCUT2D eigenvalue weighted by Crippen LogP contribution is -2.49. The minimum absolute atomic E-state index is 0.00116. The molecule has 0 saturated heterocycles. The SMILES string of the molecule is CCOC(=O)CCN(C)C(=O)[C@H](CCCN1Cc2c(cc(O)c3c2O[C@](C)(CC/C=C(\C)CCC=C(C)C)[C@@H](O)C3)C1=O)N1Cc2c(cc(O)c3c2O[C@](C)(CC/C=C(\C)CCC=C(C)C)[C@@H](O)C3)C1=O.